The summed E-state index contributed by atoms with van der Waals surface area (Å²) in [4.78, 5) is 5.53. The van der Waals surface area contributed by atoms with Gasteiger partial charge in [0.05, 0.1) is 0 Å². The van der Waals surface area contributed by atoms with Crippen LogP contribution in [-0.4, -0.2) is 18.2 Å². The average molecular weight is 344 g/mol. The van der Waals surface area contributed by atoms with E-state index in [0.29, 0.717) is 0 Å². The summed E-state index contributed by atoms with van der Waals surface area (Å²) in [7, 11) is 0. The van der Waals surface area contributed by atoms with Gasteiger partial charge in [0.15, 0.2) is 5.57 Å². The second-order valence-electron chi connectivity index (χ2n) is 2.93. The lowest BCUT2D eigenvalue weighted by atomic mass is 10.1. The molecule has 1 aliphatic rings. The van der Waals surface area contributed by atoms with Crippen LogP contribution in [-0.2, 0) is 9.78 Å². The molecule has 0 N–H and O–H groups in total. The number of halogens is 12. The molecular weight excluding hydrogens is 344 g/mol. The van der Waals surface area contributed by atoms with Crippen LogP contribution in [0.25, 0.3) is 0 Å². The SMILES string of the molecule is FC(F)=C(F)F.FC1=C(C(F)(F)F)C(F)(C(F)(F)F)OO1. The van der Waals surface area contributed by atoms with Gasteiger partial charge in [0.2, 0.25) is 0 Å². The van der Waals surface area contributed by atoms with E-state index in [1.54, 1.807) is 0 Å². The Morgan fingerprint density at radius 2 is 1.24 bits per heavy atom. The second-order valence-corrected chi connectivity index (χ2v) is 2.93. The maximum absolute atomic E-state index is 12.7. The summed E-state index contributed by atoms with van der Waals surface area (Å²) in [5.74, 6) is -5.34. The quantitative estimate of drug-likeness (QED) is 0.459. The molecule has 21 heavy (non-hydrogen) atoms. The van der Waals surface area contributed by atoms with Crippen molar-refractivity contribution in [2.24, 2.45) is 0 Å². The summed E-state index contributed by atoms with van der Waals surface area (Å²) < 4.78 is 137. The largest absolute Gasteiger partial charge is 0.457 e. The normalized spacial score (nSPS) is 22.5. The Hall–Kier alpha value is -1.60. The van der Waals surface area contributed by atoms with Crippen molar-refractivity contribution in [3.63, 3.8) is 0 Å². The predicted molar refractivity (Wildman–Crippen MR) is 37.7 cm³/mol. The fourth-order valence-corrected chi connectivity index (χ4v) is 0.786. The van der Waals surface area contributed by atoms with Crippen molar-refractivity contribution in [3.8, 4) is 0 Å². The summed E-state index contributed by atoms with van der Waals surface area (Å²) in [6, 6.07) is -2.80. The maximum Gasteiger partial charge on any atom is 0.457 e. The number of rotatable bonds is 0. The Morgan fingerprint density at radius 3 is 1.43 bits per heavy atom. The monoisotopic (exact) mass is 344 g/mol. The van der Waals surface area contributed by atoms with Crippen LogP contribution < -0.4 is 0 Å². The molecule has 0 saturated carbocycles. The molecule has 0 bridgehead atoms. The van der Waals surface area contributed by atoms with E-state index in [-0.39, 0.29) is 0 Å². The van der Waals surface area contributed by atoms with Gasteiger partial charge in [0, 0.05) is 0 Å². The molecule has 1 atom stereocenters. The van der Waals surface area contributed by atoms with Gasteiger partial charge in [-0.3, -0.25) is 0 Å². The molecule has 124 valence electrons. The fraction of sp³-hybridized carbons (Fsp3) is 0.429. The minimum Gasteiger partial charge on any atom is -0.302 e. The molecule has 0 spiro atoms. The average Bonchev–Trinajstić information content (AvgIpc) is 2.55. The molecule has 0 aromatic carbocycles. The van der Waals surface area contributed by atoms with Gasteiger partial charge in [0.25, 0.3) is 0 Å². The van der Waals surface area contributed by atoms with E-state index in [4.69, 9.17) is 0 Å². The van der Waals surface area contributed by atoms with Crippen molar-refractivity contribution in [1.29, 1.82) is 0 Å². The molecule has 1 rings (SSSR count). The van der Waals surface area contributed by atoms with E-state index in [9.17, 15) is 52.7 Å². The van der Waals surface area contributed by atoms with Crippen LogP contribution >= 0.6 is 0 Å². The van der Waals surface area contributed by atoms with Crippen molar-refractivity contribution in [2.75, 3.05) is 0 Å². The molecular formula is C7F12O2. The Kier molecular flexibility index (Phi) is 5.57. The van der Waals surface area contributed by atoms with Crippen molar-refractivity contribution >= 4 is 0 Å². The third-order valence-corrected chi connectivity index (χ3v) is 1.54. The molecule has 1 aliphatic heterocycles. The van der Waals surface area contributed by atoms with Crippen LogP contribution in [0.3, 0.4) is 0 Å². The third-order valence-electron chi connectivity index (χ3n) is 1.54. The van der Waals surface area contributed by atoms with Crippen LogP contribution in [0, 0.1) is 0 Å². The zero-order valence-corrected chi connectivity index (χ0v) is 8.85. The molecule has 0 aromatic heterocycles. The topological polar surface area (TPSA) is 18.5 Å². The summed E-state index contributed by atoms with van der Waals surface area (Å²) in [6.45, 7) is 0. The highest BCUT2D eigenvalue weighted by Crippen LogP contribution is 2.52. The Labute approximate surface area is 106 Å². The molecule has 2 nitrogen and oxygen atoms in total. The first kappa shape index (κ1) is 19.4. The van der Waals surface area contributed by atoms with Gasteiger partial charge in [-0.25, -0.2) is 0 Å². The van der Waals surface area contributed by atoms with Crippen LogP contribution in [0.1, 0.15) is 0 Å². The Morgan fingerprint density at radius 1 is 0.857 bits per heavy atom. The number of alkyl halides is 7. The fourth-order valence-electron chi connectivity index (χ4n) is 0.786. The van der Waals surface area contributed by atoms with E-state index in [1.807, 2.05) is 0 Å². The predicted octanol–water partition coefficient (Wildman–Crippen LogP) is 4.91. The molecule has 1 heterocycles. The standard InChI is InChI=1S/C5F8O2.C2F4/c6-2-1(4(8,9)10)3(7,15-14-2)5(11,12)13;3-1(4)2(5)6. The third kappa shape index (κ3) is 4.44. The highest BCUT2D eigenvalue weighted by atomic mass is 19.4. The Bertz CT molecular complexity index is 428. The Balaban J connectivity index is 0.000000567. The molecule has 0 saturated heterocycles. The number of hydrogen-bond donors (Lipinski definition) is 0. The highest BCUT2D eigenvalue weighted by Gasteiger charge is 2.73. The molecule has 1 unspecified atom stereocenters. The van der Waals surface area contributed by atoms with E-state index < -0.39 is 42.0 Å². The molecule has 0 amide bonds. The van der Waals surface area contributed by atoms with E-state index in [0.717, 1.165) is 0 Å². The first-order chi connectivity index (χ1) is 9.14. The maximum atomic E-state index is 12.7. The van der Waals surface area contributed by atoms with Gasteiger partial charge in [-0.05, 0) is 0 Å². The van der Waals surface area contributed by atoms with E-state index >= 15 is 0 Å². The van der Waals surface area contributed by atoms with Crippen LogP contribution in [0.4, 0.5) is 52.7 Å². The van der Waals surface area contributed by atoms with Gasteiger partial charge in [0.1, 0.15) is 0 Å². The summed E-state index contributed by atoms with van der Waals surface area (Å²) in [6.07, 6.45) is -17.8. The van der Waals surface area contributed by atoms with Crippen LogP contribution in [0.2, 0.25) is 0 Å². The number of hydrogen-bond acceptors (Lipinski definition) is 2. The first-order valence-corrected chi connectivity index (χ1v) is 4.09. The summed E-state index contributed by atoms with van der Waals surface area (Å²) >= 11 is 0. The molecule has 0 radical (unpaired) electrons. The van der Waals surface area contributed by atoms with Crippen molar-refractivity contribution in [3.05, 3.63) is 23.7 Å². The van der Waals surface area contributed by atoms with Gasteiger partial charge in [-0.1, -0.05) is 0 Å². The second kappa shape index (κ2) is 6.03. The van der Waals surface area contributed by atoms with Crippen molar-refractivity contribution in [1.82, 2.24) is 0 Å². The molecule has 0 fully saturated rings. The van der Waals surface area contributed by atoms with Gasteiger partial charge in [-0.15, -0.1) is 4.89 Å². The van der Waals surface area contributed by atoms with Gasteiger partial charge >= 0.3 is 36.4 Å². The lowest BCUT2D eigenvalue weighted by molar-refractivity contribution is -0.422. The van der Waals surface area contributed by atoms with E-state index in [1.165, 1.54) is 0 Å². The van der Waals surface area contributed by atoms with Gasteiger partial charge < -0.3 is 4.89 Å². The summed E-state index contributed by atoms with van der Waals surface area (Å²) in [5, 5.41) is 0. The molecule has 0 aliphatic carbocycles. The lowest BCUT2D eigenvalue weighted by Gasteiger charge is -2.22. The first-order valence-electron chi connectivity index (χ1n) is 4.09. The highest BCUT2D eigenvalue weighted by molar-refractivity contribution is 5.24. The van der Waals surface area contributed by atoms with Crippen molar-refractivity contribution < 1.29 is 62.5 Å². The molecule has 0 aromatic rings. The summed E-state index contributed by atoms with van der Waals surface area (Å²) in [5.41, 5.74) is -3.19. The van der Waals surface area contributed by atoms with Crippen molar-refractivity contribution in [2.45, 2.75) is 18.2 Å². The minimum atomic E-state index is -6.11. The smallest absolute Gasteiger partial charge is 0.302 e. The zero-order valence-electron chi connectivity index (χ0n) is 8.85. The minimum absolute atomic E-state index is 2.70. The van der Waals surface area contributed by atoms with E-state index in [2.05, 4.69) is 9.78 Å². The molecule has 14 heteroatoms. The zero-order chi connectivity index (χ0) is 17.2. The lowest BCUT2D eigenvalue weighted by Crippen LogP contribution is -2.46. The van der Waals surface area contributed by atoms with Crippen LogP contribution in [0.15, 0.2) is 23.7 Å². The van der Waals surface area contributed by atoms with Crippen LogP contribution in [0.5, 0.6) is 0 Å². The van der Waals surface area contributed by atoms with Gasteiger partial charge in [-0.2, -0.15) is 52.7 Å².